The zero-order valence-electron chi connectivity index (χ0n) is 31.8. The molecule has 1 atom stereocenters. The summed E-state index contributed by atoms with van der Waals surface area (Å²) in [5, 5.41) is 8.47. The number of alkyl halides is 2. The molecule has 0 spiro atoms. The van der Waals surface area contributed by atoms with Crippen LogP contribution in [0.25, 0.3) is 0 Å². The first-order valence-electron chi connectivity index (χ1n) is 18.6. The smallest absolute Gasteiger partial charge is 0.342 e. The Morgan fingerprint density at radius 2 is 1.84 bits per heavy atom. The summed E-state index contributed by atoms with van der Waals surface area (Å²) in [4.78, 5) is 75.1. The fraction of sp³-hybridized carbons (Fsp3) is 0.462. The van der Waals surface area contributed by atoms with Crippen LogP contribution in [-0.4, -0.2) is 103 Å². The van der Waals surface area contributed by atoms with E-state index in [0.29, 0.717) is 81.0 Å². The van der Waals surface area contributed by atoms with Crippen LogP contribution in [0.15, 0.2) is 48.7 Å². The topological polar surface area (TPSA) is 175 Å². The Morgan fingerprint density at radius 1 is 1.07 bits per heavy atom. The Hall–Kier alpha value is -5.87. The molecule has 17 heteroatoms. The number of likely N-dealkylation sites (tertiary alicyclic amines) is 1. The van der Waals surface area contributed by atoms with Gasteiger partial charge in [-0.15, -0.1) is 0 Å². The zero-order chi connectivity index (χ0) is 40.1. The Kier molecular flexibility index (Phi) is 12.0. The van der Waals surface area contributed by atoms with Gasteiger partial charge >= 0.3 is 5.92 Å². The maximum absolute atomic E-state index is 14.7. The van der Waals surface area contributed by atoms with Crippen LogP contribution in [0.3, 0.4) is 0 Å². The minimum Gasteiger partial charge on any atom is -0.495 e. The first-order valence-corrected chi connectivity index (χ1v) is 18.6. The maximum atomic E-state index is 14.7. The number of aromatic nitrogens is 2. The van der Waals surface area contributed by atoms with E-state index in [1.807, 2.05) is 6.07 Å². The average molecular weight is 777 g/mol. The van der Waals surface area contributed by atoms with Crippen LogP contribution in [0.1, 0.15) is 74.2 Å². The lowest BCUT2D eigenvalue weighted by Crippen LogP contribution is -2.47. The number of carbonyl (C=O) groups is 5. The SMILES string of the molecule is COc1cc(C(=O)NC2CCN(C(=O)CCCOc3cccc(C4CCC(=O)NC4=O)c3)CC2)ccc1Nc1ncc2c(n1)N(C(C)C)CC(F)(F)C(=O)N2C. The number of anilines is 4. The lowest BCUT2D eigenvalue weighted by atomic mass is 9.90. The van der Waals surface area contributed by atoms with Crippen molar-refractivity contribution in [1.29, 1.82) is 0 Å². The van der Waals surface area contributed by atoms with Crippen LogP contribution >= 0.6 is 0 Å². The molecule has 2 saturated heterocycles. The summed E-state index contributed by atoms with van der Waals surface area (Å²) in [6.45, 7) is 3.96. The van der Waals surface area contributed by atoms with E-state index in [1.54, 1.807) is 55.1 Å². The van der Waals surface area contributed by atoms with E-state index in [9.17, 15) is 32.8 Å². The molecule has 3 N–H and O–H groups in total. The molecule has 0 bridgehead atoms. The molecule has 298 valence electrons. The van der Waals surface area contributed by atoms with Gasteiger partial charge in [0.15, 0.2) is 5.82 Å². The Bertz CT molecular complexity index is 1990. The van der Waals surface area contributed by atoms with Crippen LogP contribution in [0.2, 0.25) is 0 Å². The molecule has 1 unspecified atom stereocenters. The molecule has 2 fully saturated rings. The summed E-state index contributed by atoms with van der Waals surface area (Å²) in [7, 11) is 2.71. The molecule has 15 nitrogen and oxygen atoms in total. The van der Waals surface area contributed by atoms with E-state index in [0.717, 1.165) is 10.5 Å². The number of piperidine rings is 2. The van der Waals surface area contributed by atoms with Gasteiger partial charge in [0.2, 0.25) is 23.7 Å². The second kappa shape index (κ2) is 16.9. The standard InChI is InChI=1S/C39H46F2N8O7/c1-23(2)49-22-39(40,41)37(54)47(3)30-21-42-38(46-34(30)49)44-29-12-10-25(20-31(29)55-4)35(52)43-26-14-16-48(17-15-26)33(51)9-6-18-56-27-8-5-7-24(19-27)28-11-13-32(50)45-36(28)53/h5,7-8,10,12,19-21,23,26,28H,6,9,11,13-18,22H2,1-4H3,(H,43,52)(H,42,44,46)(H,45,50,53). The molecule has 6 rings (SSSR count). The molecular weight excluding hydrogens is 730 g/mol. The van der Waals surface area contributed by atoms with Crippen molar-refractivity contribution in [2.75, 3.05) is 55.5 Å². The largest absolute Gasteiger partial charge is 0.495 e. The number of amides is 5. The minimum absolute atomic E-state index is 0.0114. The number of nitrogens with zero attached hydrogens (tertiary/aromatic N) is 5. The van der Waals surface area contributed by atoms with Gasteiger partial charge in [0.1, 0.15) is 17.2 Å². The van der Waals surface area contributed by atoms with E-state index in [1.165, 1.54) is 25.3 Å². The van der Waals surface area contributed by atoms with Crippen molar-refractivity contribution in [2.45, 2.75) is 76.3 Å². The normalized spacial score (nSPS) is 18.6. The van der Waals surface area contributed by atoms with Crippen molar-refractivity contribution in [2.24, 2.45) is 0 Å². The highest BCUT2D eigenvalue weighted by Gasteiger charge is 2.47. The molecule has 1 aromatic heterocycles. The molecule has 4 heterocycles. The van der Waals surface area contributed by atoms with E-state index in [2.05, 4.69) is 25.9 Å². The van der Waals surface area contributed by atoms with Crippen LogP contribution in [0, 0.1) is 0 Å². The molecule has 3 aliphatic rings. The number of carbonyl (C=O) groups excluding carboxylic acids is 5. The van der Waals surface area contributed by atoms with Crippen molar-refractivity contribution in [3.63, 3.8) is 0 Å². The lowest BCUT2D eigenvalue weighted by molar-refractivity contribution is -0.140. The molecule has 56 heavy (non-hydrogen) atoms. The Morgan fingerprint density at radius 3 is 2.55 bits per heavy atom. The third-order valence-electron chi connectivity index (χ3n) is 10.2. The van der Waals surface area contributed by atoms with Crippen molar-refractivity contribution in [1.82, 2.24) is 25.5 Å². The zero-order valence-corrected chi connectivity index (χ0v) is 31.8. The van der Waals surface area contributed by atoms with Gasteiger partial charge in [-0.25, -0.2) is 4.98 Å². The van der Waals surface area contributed by atoms with Crippen molar-refractivity contribution >= 4 is 52.7 Å². The number of imide groups is 1. The first kappa shape index (κ1) is 39.8. The second-order valence-electron chi connectivity index (χ2n) is 14.4. The minimum atomic E-state index is -3.61. The average Bonchev–Trinajstić information content (AvgIpc) is 3.25. The lowest BCUT2D eigenvalue weighted by Gasteiger charge is -2.32. The van der Waals surface area contributed by atoms with E-state index in [4.69, 9.17) is 9.47 Å². The molecular formula is C39H46F2N8O7. The number of benzene rings is 2. The molecule has 3 aliphatic heterocycles. The highest BCUT2D eigenvalue weighted by molar-refractivity contribution is 6.02. The molecule has 0 radical (unpaired) electrons. The van der Waals surface area contributed by atoms with Crippen molar-refractivity contribution in [3.8, 4) is 11.5 Å². The summed E-state index contributed by atoms with van der Waals surface area (Å²) in [6.07, 6.45) is 4.07. The van der Waals surface area contributed by atoms with Crippen LogP contribution in [0.5, 0.6) is 11.5 Å². The van der Waals surface area contributed by atoms with Crippen LogP contribution in [-0.2, 0) is 19.2 Å². The fourth-order valence-electron chi connectivity index (χ4n) is 7.02. The van der Waals surface area contributed by atoms with Gasteiger partial charge in [-0.2, -0.15) is 13.8 Å². The number of ether oxygens (including phenoxy) is 2. The predicted molar refractivity (Wildman–Crippen MR) is 203 cm³/mol. The van der Waals surface area contributed by atoms with E-state index in [-0.39, 0.29) is 47.1 Å². The Balaban J connectivity index is 0.976. The maximum Gasteiger partial charge on any atom is 0.342 e. The summed E-state index contributed by atoms with van der Waals surface area (Å²) in [5.74, 6) is -5.04. The predicted octanol–water partition coefficient (Wildman–Crippen LogP) is 4.16. The summed E-state index contributed by atoms with van der Waals surface area (Å²) >= 11 is 0. The monoisotopic (exact) mass is 776 g/mol. The van der Waals surface area contributed by atoms with Gasteiger partial charge in [-0.3, -0.25) is 29.3 Å². The summed E-state index contributed by atoms with van der Waals surface area (Å²) < 4.78 is 40.8. The number of halogens is 2. The van der Waals surface area contributed by atoms with Crippen molar-refractivity contribution < 1.29 is 42.2 Å². The van der Waals surface area contributed by atoms with E-state index < -0.39 is 30.3 Å². The van der Waals surface area contributed by atoms with Crippen molar-refractivity contribution in [3.05, 3.63) is 59.8 Å². The van der Waals surface area contributed by atoms with Gasteiger partial charge < -0.3 is 34.8 Å². The number of hydrogen-bond acceptors (Lipinski definition) is 11. The number of hydrogen-bond donors (Lipinski definition) is 3. The third kappa shape index (κ3) is 8.98. The molecule has 0 saturated carbocycles. The molecule has 0 aliphatic carbocycles. The number of rotatable bonds is 12. The van der Waals surface area contributed by atoms with Gasteiger partial charge in [-0.1, -0.05) is 12.1 Å². The van der Waals surface area contributed by atoms with Gasteiger partial charge in [0.05, 0.1) is 38.1 Å². The second-order valence-corrected chi connectivity index (χ2v) is 14.4. The molecule has 5 amide bonds. The van der Waals surface area contributed by atoms with Gasteiger partial charge in [-0.05, 0) is 75.4 Å². The third-order valence-corrected chi connectivity index (χ3v) is 10.2. The summed E-state index contributed by atoms with van der Waals surface area (Å²) in [5.41, 5.74) is 1.72. The highest BCUT2D eigenvalue weighted by atomic mass is 19.3. The molecule has 3 aromatic rings. The van der Waals surface area contributed by atoms with Crippen LogP contribution < -0.4 is 35.2 Å². The quantitative estimate of drug-likeness (QED) is 0.178. The van der Waals surface area contributed by atoms with Crippen LogP contribution in [0.4, 0.5) is 31.9 Å². The highest BCUT2D eigenvalue weighted by Crippen LogP contribution is 2.37. The Labute approximate surface area is 323 Å². The van der Waals surface area contributed by atoms with Gasteiger partial charge in [0.25, 0.3) is 11.8 Å². The van der Waals surface area contributed by atoms with E-state index >= 15 is 0 Å². The van der Waals surface area contributed by atoms with Gasteiger partial charge in [0, 0.05) is 50.6 Å². The number of fused-ring (bicyclic) bond motifs is 1. The number of nitrogens with one attached hydrogen (secondary N) is 3. The first-order chi connectivity index (χ1) is 26.7. The number of methoxy groups -OCH3 is 1. The fourth-order valence-corrected chi connectivity index (χ4v) is 7.02. The summed E-state index contributed by atoms with van der Waals surface area (Å²) in [6, 6.07) is 11.5. The molecule has 2 aromatic carbocycles.